The summed E-state index contributed by atoms with van der Waals surface area (Å²) in [5.41, 5.74) is -0.0963. The van der Waals surface area contributed by atoms with Gasteiger partial charge in [0.05, 0.1) is 6.33 Å². The summed E-state index contributed by atoms with van der Waals surface area (Å²) >= 11 is 8.90. The van der Waals surface area contributed by atoms with E-state index in [2.05, 4.69) is 27.8 Å². The first kappa shape index (κ1) is 15.7. The molecule has 0 saturated carbocycles. The van der Waals surface area contributed by atoms with Crippen LogP contribution in [-0.2, 0) is 6.54 Å². The van der Waals surface area contributed by atoms with Crippen molar-refractivity contribution in [3.8, 4) is 0 Å². The molecule has 0 fully saturated rings. The molecule has 0 saturated heterocycles. The molecule has 1 rings (SSSR count). The van der Waals surface area contributed by atoms with Gasteiger partial charge in [-0.3, -0.25) is 9.36 Å². The van der Waals surface area contributed by atoms with E-state index in [1.54, 1.807) is 4.57 Å². The number of nitrogens with zero attached hydrogens (tertiary/aromatic N) is 2. The van der Waals surface area contributed by atoms with Crippen LogP contribution in [0.3, 0.4) is 0 Å². The Morgan fingerprint density at radius 3 is 2.50 bits per heavy atom. The van der Waals surface area contributed by atoms with E-state index in [1.807, 2.05) is 0 Å². The van der Waals surface area contributed by atoms with Crippen LogP contribution in [0.25, 0.3) is 0 Å². The maximum Gasteiger partial charge on any atom is 0.269 e. The van der Waals surface area contributed by atoms with E-state index < -0.39 is 0 Å². The average Bonchev–Trinajstić information content (AvgIpc) is 2.37. The molecule has 0 aliphatic carbocycles. The standard InChI is InChI=1S/C13H20BrClN2O/c1-2-3-4-5-6-7-8-9-17-10-16-12(15)11(14)13(17)18/h10H,2-9H2,1H3. The van der Waals surface area contributed by atoms with E-state index in [0.717, 1.165) is 19.4 Å². The monoisotopic (exact) mass is 334 g/mol. The van der Waals surface area contributed by atoms with Gasteiger partial charge in [-0.15, -0.1) is 0 Å². The summed E-state index contributed by atoms with van der Waals surface area (Å²) in [6.07, 6.45) is 10.2. The van der Waals surface area contributed by atoms with Gasteiger partial charge >= 0.3 is 0 Å². The lowest BCUT2D eigenvalue weighted by molar-refractivity contribution is 0.538. The molecule has 1 aromatic rings. The van der Waals surface area contributed by atoms with E-state index in [0.29, 0.717) is 4.47 Å². The smallest absolute Gasteiger partial charge is 0.269 e. The fourth-order valence-corrected chi connectivity index (χ4v) is 2.30. The molecule has 0 atom stereocenters. The third-order valence-corrected chi connectivity index (χ3v) is 4.17. The van der Waals surface area contributed by atoms with Crippen LogP contribution in [0.5, 0.6) is 0 Å². The van der Waals surface area contributed by atoms with E-state index >= 15 is 0 Å². The summed E-state index contributed by atoms with van der Waals surface area (Å²) in [6, 6.07) is 0. The van der Waals surface area contributed by atoms with Crippen molar-refractivity contribution in [3.63, 3.8) is 0 Å². The van der Waals surface area contributed by atoms with E-state index in [4.69, 9.17) is 11.6 Å². The molecule has 0 aliphatic rings. The molecule has 1 aromatic heterocycles. The minimum Gasteiger partial charge on any atom is -0.298 e. The Balaban J connectivity index is 2.28. The summed E-state index contributed by atoms with van der Waals surface area (Å²) in [7, 11) is 0. The predicted molar refractivity (Wildman–Crippen MR) is 79.2 cm³/mol. The maximum atomic E-state index is 11.8. The number of aryl methyl sites for hydroxylation is 1. The molecule has 0 radical (unpaired) electrons. The van der Waals surface area contributed by atoms with Gasteiger partial charge in [-0.05, 0) is 22.4 Å². The summed E-state index contributed by atoms with van der Waals surface area (Å²) in [5, 5.41) is 0.232. The van der Waals surface area contributed by atoms with Crippen LogP contribution in [0.2, 0.25) is 5.15 Å². The highest BCUT2D eigenvalue weighted by molar-refractivity contribution is 9.10. The quantitative estimate of drug-likeness (QED) is 0.521. The van der Waals surface area contributed by atoms with Gasteiger partial charge < -0.3 is 0 Å². The van der Waals surface area contributed by atoms with Gasteiger partial charge in [-0.25, -0.2) is 4.98 Å². The highest BCUT2D eigenvalue weighted by Crippen LogP contribution is 2.14. The molecular weight excluding hydrogens is 316 g/mol. The summed E-state index contributed by atoms with van der Waals surface area (Å²) < 4.78 is 1.97. The van der Waals surface area contributed by atoms with Crippen LogP contribution in [0.15, 0.2) is 15.6 Å². The highest BCUT2D eigenvalue weighted by atomic mass is 79.9. The summed E-state index contributed by atoms with van der Waals surface area (Å²) in [4.78, 5) is 15.7. The van der Waals surface area contributed by atoms with Crippen LogP contribution in [0.4, 0.5) is 0 Å². The van der Waals surface area contributed by atoms with E-state index in [1.165, 1.54) is 38.4 Å². The predicted octanol–water partition coefficient (Wildman–Crippen LogP) is 4.41. The molecule has 0 amide bonds. The van der Waals surface area contributed by atoms with Crippen molar-refractivity contribution in [2.24, 2.45) is 0 Å². The molecule has 0 aliphatic heterocycles. The van der Waals surface area contributed by atoms with Crippen LogP contribution in [0.1, 0.15) is 51.9 Å². The van der Waals surface area contributed by atoms with E-state index in [-0.39, 0.29) is 10.7 Å². The van der Waals surface area contributed by atoms with E-state index in [9.17, 15) is 4.79 Å². The van der Waals surface area contributed by atoms with Crippen molar-refractivity contribution in [2.75, 3.05) is 0 Å². The van der Waals surface area contributed by atoms with Crippen LogP contribution in [0, 0.1) is 0 Å². The lowest BCUT2D eigenvalue weighted by atomic mass is 10.1. The normalized spacial score (nSPS) is 10.8. The largest absolute Gasteiger partial charge is 0.298 e. The van der Waals surface area contributed by atoms with Crippen molar-refractivity contribution < 1.29 is 0 Å². The topological polar surface area (TPSA) is 34.9 Å². The van der Waals surface area contributed by atoms with Crippen molar-refractivity contribution >= 4 is 27.5 Å². The maximum absolute atomic E-state index is 11.8. The lowest BCUT2D eigenvalue weighted by Gasteiger charge is -2.06. The molecule has 3 nitrogen and oxygen atoms in total. The molecule has 0 spiro atoms. The van der Waals surface area contributed by atoms with Gasteiger partial charge in [-0.2, -0.15) is 0 Å². The van der Waals surface area contributed by atoms with Crippen molar-refractivity contribution in [1.82, 2.24) is 9.55 Å². The molecule has 0 N–H and O–H groups in total. The third kappa shape index (κ3) is 5.11. The fraction of sp³-hybridized carbons (Fsp3) is 0.692. The zero-order valence-electron chi connectivity index (χ0n) is 10.8. The zero-order chi connectivity index (χ0) is 13.4. The molecule has 5 heteroatoms. The van der Waals surface area contributed by atoms with Gasteiger partial charge in [-0.1, -0.05) is 57.0 Å². The Morgan fingerprint density at radius 1 is 1.22 bits per heavy atom. The molecule has 0 bridgehead atoms. The SMILES string of the molecule is CCCCCCCCCn1cnc(Cl)c(Br)c1=O. The number of aromatic nitrogens is 2. The van der Waals surface area contributed by atoms with Crippen molar-refractivity contribution in [2.45, 2.75) is 58.4 Å². The third-order valence-electron chi connectivity index (χ3n) is 2.94. The summed E-state index contributed by atoms with van der Waals surface area (Å²) in [6.45, 7) is 2.94. The Labute approximate surface area is 122 Å². The Hall–Kier alpha value is -0.350. The first-order valence-corrected chi connectivity index (χ1v) is 7.74. The van der Waals surface area contributed by atoms with Gasteiger partial charge in [0.25, 0.3) is 5.56 Å². The van der Waals surface area contributed by atoms with Gasteiger partial charge in [0.15, 0.2) is 5.15 Å². The highest BCUT2D eigenvalue weighted by Gasteiger charge is 2.06. The number of halogens is 2. The fourth-order valence-electron chi connectivity index (χ4n) is 1.84. The molecule has 0 unspecified atom stereocenters. The summed E-state index contributed by atoms with van der Waals surface area (Å²) in [5.74, 6) is 0. The van der Waals surface area contributed by atoms with Gasteiger partial charge in [0, 0.05) is 6.54 Å². The number of unbranched alkanes of at least 4 members (excludes halogenated alkanes) is 6. The Morgan fingerprint density at radius 2 is 1.83 bits per heavy atom. The molecular formula is C13H20BrClN2O. The van der Waals surface area contributed by atoms with Crippen LogP contribution in [-0.4, -0.2) is 9.55 Å². The number of rotatable bonds is 8. The van der Waals surface area contributed by atoms with Crippen molar-refractivity contribution in [1.29, 1.82) is 0 Å². The molecule has 102 valence electrons. The zero-order valence-corrected chi connectivity index (χ0v) is 13.1. The Bertz CT molecular complexity index is 420. The molecule has 0 aromatic carbocycles. The second kappa shape index (κ2) is 8.70. The van der Waals surface area contributed by atoms with Crippen LogP contribution >= 0.6 is 27.5 Å². The van der Waals surface area contributed by atoms with Gasteiger partial charge in [0.2, 0.25) is 0 Å². The molecule has 18 heavy (non-hydrogen) atoms. The number of hydrogen-bond donors (Lipinski definition) is 0. The van der Waals surface area contributed by atoms with Crippen LogP contribution < -0.4 is 5.56 Å². The average molecular weight is 336 g/mol. The Kier molecular flexibility index (Phi) is 7.59. The van der Waals surface area contributed by atoms with Crippen molar-refractivity contribution in [3.05, 3.63) is 26.3 Å². The molecule has 1 heterocycles. The second-order valence-corrected chi connectivity index (χ2v) is 5.62. The van der Waals surface area contributed by atoms with Gasteiger partial charge in [0.1, 0.15) is 4.47 Å². The first-order chi connectivity index (χ1) is 8.66. The number of hydrogen-bond acceptors (Lipinski definition) is 2. The minimum atomic E-state index is -0.0963. The first-order valence-electron chi connectivity index (χ1n) is 6.57. The lowest BCUT2D eigenvalue weighted by Crippen LogP contribution is -2.21. The second-order valence-electron chi connectivity index (χ2n) is 4.47. The minimum absolute atomic E-state index is 0.0963.